The zero-order valence-corrected chi connectivity index (χ0v) is 13.3. The first-order valence-corrected chi connectivity index (χ1v) is 9.62. The van der Waals surface area contributed by atoms with Gasteiger partial charge in [0.2, 0.25) is 0 Å². The van der Waals surface area contributed by atoms with Crippen molar-refractivity contribution < 1.29 is 9.53 Å². The van der Waals surface area contributed by atoms with E-state index < -0.39 is 8.32 Å². The zero-order valence-electron chi connectivity index (χ0n) is 12.3. The van der Waals surface area contributed by atoms with E-state index in [0.29, 0.717) is 0 Å². The summed E-state index contributed by atoms with van der Waals surface area (Å²) in [7, 11) is -1.78. The van der Waals surface area contributed by atoms with Crippen molar-refractivity contribution >= 4 is 8.32 Å². The van der Waals surface area contributed by atoms with E-state index in [-0.39, 0.29) is 11.6 Å². The van der Waals surface area contributed by atoms with Crippen LogP contribution in [-0.2, 0) is 6.61 Å². The summed E-state index contributed by atoms with van der Waals surface area (Å²) in [5.41, 5.74) is 0.926. The fourth-order valence-corrected chi connectivity index (χ4v) is 3.88. The smallest absolute Gasteiger partial charge is 0.250 e. The van der Waals surface area contributed by atoms with Gasteiger partial charge in [0.05, 0.1) is 6.61 Å². The molecule has 0 aliphatic rings. The Morgan fingerprint density at radius 1 is 1.17 bits per heavy atom. The minimum atomic E-state index is -1.78. The lowest BCUT2D eigenvalue weighted by molar-refractivity contribution is 0.281. The van der Waals surface area contributed by atoms with Crippen molar-refractivity contribution in [1.82, 2.24) is 0 Å². The minimum absolute atomic E-state index is 0.0857. The van der Waals surface area contributed by atoms with Gasteiger partial charge in [0, 0.05) is 0 Å². The van der Waals surface area contributed by atoms with Crippen molar-refractivity contribution in [2.75, 3.05) is 0 Å². The van der Waals surface area contributed by atoms with Crippen molar-refractivity contribution in [3.63, 3.8) is 0 Å². The molecule has 1 aromatic carbocycles. The third-order valence-corrected chi connectivity index (χ3v) is 8.24. The van der Waals surface area contributed by atoms with Gasteiger partial charge in [0.25, 0.3) is 8.32 Å². The quantitative estimate of drug-likeness (QED) is 0.776. The van der Waals surface area contributed by atoms with Gasteiger partial charge in [-0.05, 0) is 42.2 Å². The van der Waals surface area contributed by atoms with Gasteiger partial charge in [-0.3, -0.25) is 0 Å². The lowest BCUT2D eigenvalue weighted by Crippen LogP contribution is -2.45. The van der Waals surface area contributed by atoms with Crippen LogP contribution < -0.4 is 4.43 Å². The van der Waals surface area contributed by atoms with Crippen LogP contribution in [0.4, 0.5) is 0 Å². The maximum atomic E-state index is 9.03. The normalized spacial score (nSPS) is 12.6. The Morgan fingerprint density at radius 3 is 2.17 bits per heavy atom. The number of hydrogen-bond donors (Lipinski definition) is 1. The fourth-order valence-electron chi connectivity index (χ4n) is 2.02. The number of benzene rings is 1. The summed E-state index contributed by atoms with van der Waals surface area (Å²) in [6, 6.07) is 7.77. The summed E-state index contributed by atoms with van der Waals surface area (Å²) < 4.78 is 6.28. The van der Waals surface area contributed by atoms with Gasteiger partial charge < -0.3 is 9.53 Å². The maximum absolute atomic E-state index is 9.03. The van der Waals surface area contributed by atoms with Crippen LogP contribution in [0.3, 0.4) is 0 Å². The Balaban J connectivity index is 2.80. The van der Waals surface area contributed by atoms with Gasteiger partial charge >= 0.3 is 0 Å². The van der Waals surface area contributed by atoms with Gasteiger partial charge in [0.1, 0.15) is 5.75 Å². The van der Waals surface area contributed by atoms with Gasteiger partial charge in [-0.1, -0.05) is 39.3 Å². The first-order valence-electron chi connectivity index (χ1n) is 6.71. The summed E-state index contributed by atoms with van der Waals surface area (Å²) in [4.78, 5) is 0. The fraction of sp³-hybridized carbons (Fsp3) is 0.600. The molecule has 1 N–H and O–H groups in total. The van der Waals surface area contributed by atoms with Crippen LogP contribution in [0.15, 0.2) is 24.3 Å². The molecule has 102 valence electrons. The molecule has 0 saturated carbocycles. The molecule has 3 heteroatoms. The van der Waals surface area contributed by atoms with Crippen LogP contribution >= 0.6 is 0 Å². The second-order valence-electron chi connectivity index (χ2n) is 6.05. The van der Waals surface area contributed by atoms with Crippen molar-refractivity contribution in [2.45, 2.75) is 58.4 Å². The van der Waals surface area contributed by atoms with Gasteiger partial charge in [-0.2, -0.15) is 0 Å². The Kier molecular flexibility index (Phi) is 4.99. The first kappa shape index (κ1) is 15.3. The molecule has 0 saturated heterocycles. The third-order valence-electron chi connectivity index (χ3n) is 3.98. The van der Waals surface area contributed by atoms with Crippen LogP contribution in [0.25, 0.3) is 0 Å². The molecule has 1 rings (SSSR count). The topological polar surface area (TPSA) is 29.5 Å². The zero-order chi connectivity index (χ0) is 13.8. The molecule has 0 unspecified atom stereocenters. The highest BCUT2D eigenvalue weighted by Crippen LogP contribution is 2.42. The molecule has 0 amide bonds. The molecular formula is C15H26O2Si. The molecule has 1 aromatic rings. The molecule has 0 heterocycles. The van der Waals surface area contributed by atoms with E-state index in [9.17, 15) is 0 Å². The highest BCUT2D eigenvalue weighted by atomic mass is 28.4. The highest BCUT2D eigenvalue weighted by Gasteiger charge is 2.41. The Morgan fingerprint density at radius 2 is 1.72 bits per heavy atom. The van der Waals surface area contributed by atoms with E-state index in [1.54, 1.807) is 0 Å². The van der Waals surface area contributed by atoms with Crippen molar-refractivity contribution in [3.05, 3.63) is 29.8 Å². The van der Waals surface area contributed by atoms with Crippen LogP contribution in [0.5, 0.6) is 5.75 Å². The van der Waals surface area contributed by atoms with E-state index in [2.05, 4.69) is 33.9 Å². The standard InChI is InChI=1S/C15H26O2Si/c1-6-11-15(2,3)18(4,5)17-14-9-7-13(12-16)8-10-14/h7-10,16H,6,11-12H2,1-5H3. The molecule has 0 spiro atoms. The van der Waals surface area contributed by atoms with Gasteiger partial charge in [-0.15, -0.1) is 0 Å². The Labute approximate surface area is 112 Å². The average molecular weight is 266 g/mol. The van der Waals surface area contributed by atoms with E-state index in [1.165, 1.54) is 12.8 Å². The number of aliphatic hydroxyl groups excluding tert-OH is 1. The van der Waals surface area contributed by atoms with Crippen LogP contribution in [0, 0.1) is 0 Å². The van der Waals surface area contributed by atoms with Crippen molar-refractivity contribution in [3.8, 4) is 5.75 Å². The van der Waals surface area contributed by atoms with E-state index in [1.807, 2.05) is 24.3 Å². The SMILES string of the molecule is CCCC(C)(C)[Si](C)(C)Oc1ccc(CO)cc1. The molecule has 2 nitrogen and oxygen atoms in total. The number of hydrogen-bond acceptors (Lipinski definition) is 2. The average Bonchev–Trinajstić information content (AvgIpc) is 2.29. The Hall–Kier alpha value is -0.803. The van der Waals surface area contributed by atoms with E-state index >= 15 is 0 Å². The highest BCUT2D eigenvalue weighted by molar-refractivity contribution is 6.74. The summed E-state index contributed by atoms with van der Waals surface area (Å²) in [6.07, 6.45) is 2.39. The summed E-state index contributed by atoms with van der Waals surface area (Å²) in [6.45, 7) is 11.5. The van der Waals surface area contributed by atoms with E-state index in [0.717, 1.165) is 11.3 Å². The lowest BCUT2D eigenvalue weighted by atomic mass is 10.1. The molecule has 0 atom stereocenters. The molecular weight excluding hydrogens is 240 g/mol. The molecule has 0 radical (unpaired) electrons. The Bertz CT molecular complexity index is 369. The number of aliphatic hydroxyl groups is 1. The van der Waals surface area contributed by atoms with E-state index in [4.69, 9.17) is 9.53 Å². The molecule has 0 aromatic heterocycles. The van der Waals surface area contributed by atoms with Gasteiger partial charge in [-0.25, -0.2) is 0 Å². The minimum Gasteiger partial charge on any atom is -0.543 e. The summed E-state index contributed by atoms with van der Waals surface area (Å²) in [5, 5.41) is 9.29. The third kappa shape index (κ3) is 3.59. The van der Waals surface area contributed by atoms with Crippen LogP contribution in [0.2, 0.25) is 18.1 Å². The van der Waals surface area contributed by atoms with Crippen molar-refractivity contribution in [2.24, 2.45) is 0 Å². The lowest BCUT2D eigenvalue weighted by Gasteiger charge is -2.39. The molecule has 0 aliphatic heterocycles. The molecule has 18 heavy (non-hydrogen) atoms. The molecule has 0 aliphatic carbocycles. The van der Waals surface area contributed by atoms with Gasteiger partial charge in [0.15, 0.2) is 0 Å². The first-order chi connectivity index (χ1) is 8.32. The largest absolute Gasteiger partial charge is 0.543 e. The van der Waals surface area contributed by atoms with Crippen LogP contribution in [0.1, 0.15) is 39.2 Å². The predicted molar refractivity (Wildman–Crippen MR) is 79.4 cm³/mol. The van der Waals surface area contributed by atoms with Crippen LogP contribution in [-0.4, -0.2) is 13.4 Å². The molecule has 0 fully saturated rings. The monoisotopic (exact) mass is 266 g/mol. The summed E-state index contributed by atoms with van der Waals surface area (Å²) in [5.74, 6) is 0.924. The van der Waals surface area contributed by atoms with Crippen molar-refractivity contribution in [1.29, 1.82) is 0 Å². The summed E-state index contributed by atoms with van der Waals surface area (Å²) >= 11 is 0. The molecule has 0 bridgehead atoms. The maximum Gasteiger partial charge on any atom is 0.250 e. The predicted octanol–water partition coefficient (Wildman–Crippen LogP) is 4.34. The number of rotatable bonds is 6. The second kappa shape index (κ2) is 5.89. The second-order valence-corrected chi connectivity index (χ2v) is 10.6.